The molecule has 114 valence electrons. The third-order valence-electron chi connectivity index (χ3n) is 3.61. The van der Waals surface area contributed by atoms with Crippen LogP contribution < -0.4 is 10.2 Å². The fourth-order valence-electron chi connectivity index (χ4n) is 2.59. The van der Waals surface area contributed by atoms with E-state index in [0.29, 0.717) is 12.3 Å². The van der Waals surface area contributed by atoms with E-state index < -0.39 is 0 Å². The summed E-state index contributed by atoms with van der Waals surface area (Å²) in [5.41, 5.74) is 5.87. The molecule has 1 aliphatic carbocycles. The van der Waals surface area contributed by atoms with Crippen molar-refractivity contribution in [2.75, 3.05) is 6.61 Å². The molecule has 2 aromatic rings. The van der Waals surface area contributed by atoms with Crippen molar-refractivity contribution in [3.05, 3.63) is 46.8 Å². The number of H-pyrrole nitrogens is 1. The van der Waals surface area contributed by atoms with Crippen LogP contribution in [0.3, 0.4) is 0 Å². The summed E-state index contributed by atoms with van der Waals surface area (Å²) >= 11 is 0. The number of aromatic amines is 1. The second-order valence-electron chi connectivity index (χ2n) is 5.05. The number of nitrogens with zero attached hydrogens (tertiary/aromatic N) is 2. The van der Waals surface area contributed by atoms with Crippen molar-refractivity contribution in [3.8, 4) is 5.75 Å². The van der Waals surface area contributed by atoms with Crippen molar-refractivity contribution < 1.29 is 9.53 Å². The van der Waals surface area contributed by atoms with E-state index in [1.165, 1.54) is 0 Å². The van der Waals surface area contributed by atoms with E-state index in [2.05, 4.69) is 20.7 Å². The fourth-order valence-corrected chi connectivity index (χ4v) is 2.59. The molecule has 2 N–H and O–H groups in total. The van der Waals surface area contributed by atoms with E-state index in [0.717, 1.165) is 41.8 Å². The summed E-state index contributed by atoms with van der Waals surface area (Å²) in [6.07, 6.45) is 4.50. The number of ether oxygens (including phenoxy) is 1. The number of hydrazone groups is 1. The number of carbonyl (C=O) groups is 1. The first-order valence-electron chi connectivity index (χ1n) is 7.41. The summed E-state index contributed by atoms with van der Waals surface area (Å²) in [7, 11) is 0. The standard InChI is InChI=1S/C16H18N4O2/c1-2-22-14-9-4-3-6-11(14)10-17-20-16(21)15-12-7-5-8-13(12)18-19-15/h3-4,6,9-10H,2,5,7-8H2,1H3,(H,18,19)(H,20,21)/b17-10-. The second kappa shape index (κ2) is 6.43. The first-order chi connectivity index (χ1) is 10.8. The zero-order valence-electron chi connectivity index (χ0n) is 12.4. The van der Waals surface area contributed by atoms with Crippen LogP contribution >= 0.6 is 0 Å². The van der Waals surface area contributed by atoms with Crippen molar-refractivity contribution in [1.82, 2.24) is 15.6 Å². The van der Waals surface area contributed by atoms with Crippen LogP contribution in [0.2, 0.25) is 0 Å². The van der Waals surface area contributed by atoms with Gasteiger partial charge in [-0.25, -0.2) is 5.43 Å². The minimum Gasteiger partial charge on any atom is -0.493 e. The number of para-hydroxylation sites is 1. The van der Waals surface area contributed by atoms with Gasteiger partial charge in [0.1, 0.15) is 5.75 Å². The molecule has 0 aliphatic heterocycles. The van der Waals surface area contributed by atoms with E-state index in [4.69, 9.17) is 4.74 Å². The number of amides is 1. The first kappa shape index (κ1) is 14.3. The van der Waals surface area contributed by atoms with Crippen LogP contribution in [0.4, 0.5) is 0 Å². The van der Waals surface area contributed by atoms with Gasteiger partial charge in [0.2, 0.25) is 0 Å². The van der Waals surface area contributed by atoms with Gasteiger partial charge in [0.15, 0.2) is 5.69 Å². The number of aromatic nitrogens is 2. The van der Waals surface area contributed by atoms with E-state index in [1.54, 1.807) is 6.21 Å². The zero-order valence-corrected chi connectivity index (χ0v) is 12.4. The summed E-state index contributed by atoms with van der Waals surface area (Å²) < 4.78 is 5.51. The third kappa shape index (κ3) is 2.86. The molecule has 3 rings (SSSR count). The van der Waals surface area contributed by atoms with Crippen LogP contribution in [0.25, 0.3) is 0 Å². The number of fused-ring (bicyclic) bond motifs is 1. The van der Waals surface area contributed by atoms with Gasteiger partial charge in [0, 0.05) is 16.8 Å². The molecule has 0 spiro atoms. The van der Waals surface area contributed by atoms with Gasteiger partial charge < -0.3 is 4.74 Å². The van der Waals surface area contributed by atoms with Gasteiger partial charge >= 0.3 is 0 Å². The van der Waals surface area contributed by atoms with Gasteiger partial charge in [0.25, 0.3) is 5.91 Å². The number of rotatable bonds is 5. The van der Waals surface area contributed by atoms with Crippen LogP contribution in [0.5, 0.6) is 5.75 Å². The van der Waals surface area contributed by atoms with Crippen molar-refractivity contribution in [3.63, 3.8) is 0 Å². The normalized spacial score (nSPS) is 13.3. The zero-order chi connectivity index (χ0) is 15.4. The maximum absolute atomic E-state index is 12.1. The van der Waals surface area contributed by atoms with Gasteiger partial charge in [-0.05, 0) is 38.3 Å². The van der Waals surface area contributed by atoms with Crippen LogP contribution in [-0.2, 0) is 12.8 Å². The molecule has 0 bridgehead atoms. The monoisotopic (exact) mass is 298 g/mol. The van der Waals surface area contributed by atoms with Gasteiger partial charge in [-0.3, -0.25) is 9.89 Å². The Morgan fingerprint density at radius 1 is 1.45 bits per heavy atom. The Hall–Kier alpha value is -2.63. The number of benzene rings is 1. The van der Waals surface area contributed by atoms with Crippen LogP contribution in [-0.4, -0.2) is 28.9 Å². The minimum absolute atomic E-state index is 0.287. The summed E-state index contributed by atoms with van der Waals surface area (Å²) in [6.45, 7) is 2.50. The molecule has 0 radical (unpaired) electrons. The lowest BCUT2D eigenvalue weighted by Gasteiger charge is -2.05. The highest BCUT2D eigenvalue weighted by molar-refractivity contribution is 5.95. The average Bonchev–Trinajstić information content (AvgIpc) is 3.12. The van der Waals surface area contributed by atoms with Crippen molar-refractivity contribution in [2.45, 2.75) is 26.2 Å². The van der Waals surface area contributed by atoms with Gasteiger partial charge in [-0.15, -0.1) is 0 Å². The number of hydrogen-bond acceptors (Lipinski definition) is 4. The number of aryl methyl sites for hydroxylation is 1. The lowest BCUT2D eigenvalue weighted by molar-refractivity contribution is 0.0949. The lowest BCUT2D eigenvalue weighted by atomic mass is 10.2. The molecule has 0 saturated carbocycles. The Bertz CT molecular complexity index is 706. The first-order valence-corrected chi connectivity index (χ1v) is 7.41. The maximum Gasteiger partial charge on any atom is 0.292 e. The summed E-state index contributed by atoms with van der Waals surface area (Å²) in [5.74, 6) is 0.452. The molecule has 0 unspecified atom stereocenters. The molecule has 0 atom stereocenters. The molecule has 0 saturated heterocycles. The fraction of sp³-hybridized carbons (Fsp3) is 0.312. The Morgan fingerprint density at radius 2 is 2.32 bits per heavy atom. The van der Waals surface area contributed by atoms with Crippen molar-refractivity contribution in [2.24, 2.45) is 5.10 Å². The van der Waals surface area contributed by atoms with Crippen molar-refractivity contribution in [1.29, 1.82) is 0 Å². The van der Waals surface area contributed by atoms with Crippen LogP contribution in [0, 0.1) is 0 Å². The second-order valence-corrected chi connectivity index (χ2v) is 5.05. The Kier molecular flexibility index (Phi) is 4.18. The quantitative estimate of drug-likeness (QED) is 0.655. The lowest BCUT2D eigenvalue weighted by Crippen LogP contribution is -2.19. The predicted molar refractivity (Wildman–Crippen MR) is 83.3 cm³/mol. The highest BCUT2D eigenvalue weighted by Crippen LogP contribution is 2.22. The molecule has 1 aromatic carbocycles. The summed E-state index contributed by atoms with van der Waals surface area (Å²) in [5, 5.41) is 11.0. The van der Waals surface area contributed by atoms with Gasteiger partial charge in [-0.2, -0.15) is 10.2 Å². The highest BCUT2D eigenvalue weighted by atomic mass is 16.5. The minimum atomic E-state index is -0.287. The molecule has 1 aliphatic rings. The molecule has 22 heavy (non-hydrogen) atoms. The molecule has 1 aromatic heterocycles. The van der Waals surface area contributed by atoms with Crippen LogP contribution in [0.15, 0.2) is 29.4 Å². The maximum atomic E-state index is 12.1. The molecule has 6 nitrogen and oxygen atoms in total. The van der Waals surface area contributed by atoms with Gasteiger partial charge in [-0.1, -0.05) is 12.1 Å². The SMILES string of the molecule is CCOc1ccccc1/C=N\NC(=O)c1n[nH]c2c1CCC2. The summed E-state index contributed by atoms with van der Waals surface area (Å²) in [4.78, 5) is 12.1. The van der Waals surface area contributed by atoms with E-state index in [9.17, 15) is 4.79 Å². The van der Waals surface area contributed by atoms with Gasteiger partial charge in [0.05, 0.1) is 12.8 Å². The highest BCUT2D eigenvalue weighted by Gasteiger charge is 2.22. The molecule has 0 fully saturated rings. The Balaban J connectivity index is 1.68. The van der Waals surface area contributed by atoms with Crippen molar-refractivity contribution >= 4 is 12.1 Å². The summed E-state index contributed by atoms with van der Waals surface area (Å²) in [6, 6.07) is 7.54. The van der Waals surface area contributed by atoms with E-state index in [1.807, 2.05) is 31.2 Å². The van der Waals surface area contributed by atoms with E-state index >= 15 is 0 Å². The van der Waals surface area contributed by atoms with Crippen LogP contribution in [0.1, 0.15) is 40.7 Å². The third-order valence-corrected chi connectivity index (χ3v) is 3.61. The molecular weight excluding hydrogens is 280 g/mol. The van der Waals surface area contributed by atoms with E-state index in [-0.39, 0.29) is 5.91 Å². The number of hydrogen-bond donors (Lipinski definition) is 2. The largest absolute Gasteiger partial charge is 0.493 e. The smallest absolute Gasteiger partial charge is 0.292 e. The molecule has 1 heterocycles. The Morgan fingerprint density at radius 3 is 3.18 bits per heavy atom. The molecule has 1 amide bonds. The number of carbonyl (C=O) groups excluding carboxylic acids is 1. The topological polar surface area (TPSA) is 79.4 Å². The number of nitrogens with one attached hydrogen (secondary N) is 2. The average molecular weight is 298 g/mol. The molecular formula is C16H18N4O2. The molecule has 6 heteroatoms. The predicted octanol–water partition coefficient (Wildman–Crippen LogP) is 2.06. The Labute approximate surface area is 128 Å².